The van der Waals surface area contributed by atoms with Gasteiger partial charge in [0.25, 0.3) is 0 Å². The van der Waals surface area contributed by atoms with E-state index in [1.54, 1.807) is 26.5 Å². The Bertz CT molecular complexity index is 994. The average Bonchev–Trinajstić information content (AvgIpc) is 3.12. The van der Waals surface area contributed by atoms with Crippen molar-refractivity contribution in [2.75, 3.05) is 27.3 Å². The van der Waals surface area contributed by atoms with Gasteiger partial charge in [-0.3, -0.25) is 0 Å². The molecule has 1 aliphatic heterocycles. The van der Waals surface area contributed by atoms with Gasteiger partial charge in [-0.1, -0.05) is 6.08 Å². The Kier molecular flexibility index (Phi) is 4.34. The smallest absolute Gasteiger partial charge is 0.145 e. The topological polar surface area (TPSA) is 59.2 Å². The van der Waals surface area contributed by atoms with Crippen LogP contribution in [0.25, 0.3) is 27.7 Å². The zero-order valence-corrected chi connectivity index (χ0v) is 14.7. The van der Waals surface area contributed by atoms with Crippen LogP contribution in [-0.4, -0.2) is 37.3 Å². The third-order valence-corrected chi connectivity index (χ3v) is 4.68. The van der Waals surface area contributed by atoms with Crippen molar-refractivity contribution in [1.29, 1.82) is 0 Å². The van der Waals surface area contributed by atoms with Gasteiger partial charge >= 0.3 is 0 Å². The van der Waals surface area contributed by atoms with Crippen LogP contribution >= 0.6 is 0 Å². The fraction of sp³-hybridized carbons (Fsp3) is 0.250. The minimum absolute atomic E-state index is 0.329. The average molecular weight is 353 g/mol. The predicted molar refractivity (Wildman–Crippen MR) is 100 cm³/mol. The molecule has 0 fully saturated rings. The van der Waals surface area contributed by atoms with Crippen molar-refractivity contribution in [3.05, 3.63) is 48.0 Å². The summed E-state index contributed by atoms with van der Waals surface area (Å²) in [4.78, 5) is 7.86. The molecule has 2 N–H and O–H groups in total. The van der Waals surface area contributed by atoms with Crippen molar-refractivity contribution in [3.8, 4) is 22.6 Å². The Morgan fingerprint density at radius 3 is 2.69 bits per heavy atom. The van der Waals surface area contributed by atoms with Gasteiger partial charge < -0.3 is 19.8 Å². The van der Waals surface area contributed by atoms with Gasteiger partial charge in [0.05, 0.1) is 20.4 Å². The number of benzene rings is 1. The minimum Gasteiger partial charge on any atom is -0.496 e. The number of pyridine rings is 1. The van der Waals surface area contributed by atoms with Gasteiger partial charge in [-0.15, -0.1) is 0 Å². The summed E-state index contributed by atoms with van der Waals surface area (Å²) in [6.07, 6.45) is 4.77. The van der Waals surface area contributed by atoms with Crippen LogP contribution < -0.4 is 14.8 Å². The van der Waals surface area contributed by atoms with Gasteiger partial charge in [0, 0.05) is 28.8 Å². The molecule has 0 unspecified atom stereocenters. The summed E-state index contributed by atoms with van der Waals surface area (Å²) in [5.74, 6) is 0.830. The van der Waals surface area contributed by atoms with E-state index >= 15 is 0 Å². The van der Waals surface area contributed by atoms with Crippen molar-refractivity contribution < 1.29 is 13.9 Å². The second-order valence-electron chi connectivity index (χ2n) is 6.17. The van der Waals surface area contributed by atoms with Crippen LogP contribution in [0.3, 0.4) is 0 Å². The normalized spacial score (nSPS) is 14.3. The monoisotopic (exact) mass is 353 g/mol. The lowest BCUT2D eigenvalue weighted by atomic mass is 10.00. The molecular weight excluding hydrogens is 333 g/mol. The number of rotatable bonds is 4. The summed E-state index contributed by atoms with van der Waals surface area (Å²) in [6, 6.07) is 6.53. The summed E-state index contributed by atoms with van der Waals surface area (Å²) >= 11 is 0. The van der Waals surface area contributed by atoms with E-state index in [1.807, 2.05) is 0 Å². The standard InChI is InChI=1S/C20H20FN3O2/c1-25-17-4-3-13(21)9-14(17)19-15-10-16(12-5-7-22-8-6-12)24-20(15)23-11-18(19)26-2/h3-5,9-11,22H,6-8H2,1-2H3,(H,23,24). The van der Waals surface area contributed by atoms with Gasteiger partial charge in [-0.25, -0.2) is 9.37 Å². The van der Waals surface area contributed by atoms with Gasteiger partial charge in [-0.2, -0.15) is 0 Å². The Hall–Kier alpha value is -2.86. The molecule has 1 aliphatic rings. The van der Waals surface area contributed by atoms with Crippen LogP contribution in [0.15, 0.2) is 36.5 Å². The van der Waals surface area contributed by atoms with E-state index in [0.717, 1.165) is 41.8 Å². The van der Waals surface area contributed by atoms with Crippen LogP contribution in [0.2, 0.25) is 0 Å². The molecule has 0 aliphatic carbocycles. The van der Waals surface area contributed by atoms with Crippen LogP contribution in [-0.2, 0) is 0 Å². The summed E-state index contributed by atoms with van der Waals surface area (Å²) < 4.78 is 24.9. The van der Waals surface area contributed by atoms with Crippen molar-refractivity contribution in [1.82, 2.24) is 15.3 Å². The number of nitrogens with zero attached hydrogens (tertiary/aromatic N) is 1. The van der Waals surface area contributed by atoms with Crippen molar-refractivity contribution in [2.24, 2.45) is 0 Å². The van der Waals surface area contributed by atoms with Crippen LogP contribution in [0.4, 0.5) is 4.39 Å². The molecule has 4 rings (SSSR count). The molecule has 0 bridgehead atoms. The molecule has 3 heterocycles. The van der Waals surface area contributed by atoms with Gasteiger partial charge in [0.2, 0.25) is 0 Å². The van der Waals surface area contributed by atoms with Crippen molar-refractivity contribution in [3.63, 3.8) is 0 Å². The largest absolute Gasteiger partial charge is 0.496 e. The number of nitrogens with one attached hydrogen (secondary N) is 2. The molecular formula is C20H20FN3O2. The van der Waals surface area contributed by atoms with Gasteiger partial charge in [0.15, 0.2) is 0 Å². The maximum Gasteiger partial charge on any atom is 0.145 e. The third kappa shape index (κ3) is 2.82. The number of fused-ring (bicyclic) bond motifs is 1. The maximum absolute atomic E-state index is 14.0. The molecule has 3 aromatic rings. The lowest BCUT2D eigenvalue weighted by Crippen LogP contribution is -2.20. The number of ether oxygens (including phenoxy) is 2. The van der Waals surface area contributed by atoms with Gasteiger partial charge in [0.1, 0.15) is 23.0 Å². The lowest BCUT2D eigenvalue weighted by molar-refractivity contribution is 0.409. The molecule has 6 heteroatoms. The van der Waals surface area contributed by atoms with E-state index in [-0.39, 0.29) is 5.82 Å². The van der Waals surface area contributed by atoms with E-state index in [4.69, 9.17) is 9.47 Å². The van der Waals surface area contributed by atoms with Crippen molar-refractivity contribution >= 4 is 16.6 Å². The number of aromatic amines is 1. The highest BCUT2D eigenvalue weighted by Gasteiger charge is 2.19. The third-order valence-electron chi connectivity index (χ3n) is 4.68. The number of hydrogen-bond donors (Lipinski definition) is 2. The van der Waals surface area contributed by atoms with E-state index < -0.39 is 0 Å². The quantitative estimate of drug-likeness (QED) is 0.750. The minimum atomic E-state index is -0.329. The molecule has 0 spiro atoms. The Morgan fingerprint density at radius 1 is 1.12 bits per heavy atom. The molecule has 0 radical (unpaired) electrons. The molecule has 5 nitrogen and oxygen atoms in total. The molecule has 2 aromatic heterocycles. The zero-order chi connectivity index (χ0) is 18.1. The second kappa shape index (κ2) is 6.80. The molecule has 0 saturated heterocycles. The van der Waals surface area contributed by atoms with Crippen molar-refractivity contribution in [2.45, 2.75) is 6.42 Å². The van der Waals surface area contributed by atoms with Crippen LogP contribution in [0.1, 0.15) is 12.1 Å². The first-order chi connectivity index (χ1) is 12.7. The number of hydrogen-bond acceptors (Lipinski definition) is 4. The number of methoxy groups -OCH3 is 2. The maximum atomic E-state index is 14.0. The van der Waals surface area contributed by atoms with Gasteiger partial charge in [-0.05, 0) is 42.8 Å². The van der Waals surface area contributed by atoms with Crippen LogP contribution in [0, 0.1) is 5.82 Å². The molecule has 1 aromatic carbocycles. The molecule has 0 saturated carbocycles. The highest BCUT2D eigenvalue weighted by molar-refractivity contribution is 5.99. The summed E-state index contributed by atoms with van der Waals surface area (Å²) in [7, 11) is 3.16. The first kappa shape index (κ1) is 16.6. The van der Waals surface area contributed by atoms with E-state index in [9.17, 15) is 4.39 Å². The lowest BCUT2D eigenvalue weighted by Gasteiger charge is -2.13. The summed E-state index contributed by atoms with van der Waals surface area (Å²) in [6.45, 7) is 1.80. The molecule has 0 atom stereocenters. The second-order valence-corrected chi connectivity index (χ2v) is 6.17. The van der Waals surface area contributed by atoms with E-state index in [2.05, 4.69) is 27.4 Å². The fourth-order valence-electron chi connectivity index (χ4n) is 3.40. The first-order valence-corrected chi connectivity index (χ1v) is 8.51. The van der Waals surface area contributed by atoms with E-state index in [0.29, 0.717) is 17.1 Å². The Balaban J connectivity index is 1.97. The summed E-state index contributed by atoms with van der Waals surface area (Å²) in [5.41, 5.74) is 4.42. The molecule has 0 amide bonds. The zero-order valence-electron chi connectivity index (χ0n) is 14.7. The fourth-order valence-corrected chi connectivity index (χ4v) is 3.40. The summed E-state index contributed by atoms with van der Waals surface area (Å²) in [5, 5.41) is 4.19. The number of H-pyrrole nitrogens is 1. The number of halogens is 1. The van der Waals surface area contributed by atoms with Crippen LogP contribution in [0.5, 0.6) is 11.5 Å². The Labute approximate surface area is 150 Å². The number of aromatic nitrogens is 2. The predicted octanol–water partition coefficient (Wildman–Crippen LogP) is 3.76. The first-order valence-electron chi connectivity index (χ1n) is 8.51. The van der Waals surface area contributed by atoms with E-state index in [1.165, 1.54) is 17.7 Å². The SMILES string of the molecule is COc1ccc(F)cc1-c1c(OC)cnc2[nH]c(C3=CCNCC3)cc12. The highest BCUT2D eigenvalue weighted by atomic mass is 19.1. The molecule has 134 valence electrons. The Morgan fingerprint density at radius 2 is 1.96 bits per heavy atom. The highest BCUT2D eigenvalue weighted by Crippen LogP contribution is 2.41. The molecule has 26 heavy (non-hydrogen) atoms.